The Labute approximate surface area is 109 Å². The fourth-order valence-corrected chi connectivity index (χ4v) is 2.26. The Kier molecular flexibility index (Phi) is 3.24. The molecule has 88 valence electrons. The predicted molar refractivity (Wildman–Crippen MR) is 61.5 cm³/mol. The molecule has 0 saturated carbocycles. The standard InChI is InChI=1S/C9H6ClF3INO/c10-6-1-5-3-15(14)4-16-8(5)7(2-6)9(11,12)13/h1-2H,3-4H2. The average molecular weight is 364 g/mol. The maximum absolute atomic E-state index is 12.7. The van der Waals surface area contributed by atoms with Gasteiger partial charge in [0.15, 0.2) is 6.73 Å². The van der Waals surface area contributed by atoms with Crippen molar-refractivity contribution in [1.82, 2.24) is 3.11 Å². The van der Waals surface area contributed by atoms with Crippen molar-refractivity contribution in [1.29, 1.82) is 0 Å². The van der Waals surface area contributed by atoms with Gasteiger partial charge in [0, 0.05) is 40.0 Å². The zero-order valence-corrected chi connectivity index (χ0v) is 10.7. The van der Waals surface area contributed by atoms with Crippen LogP contribution in [0.2, 0.25) is 5.02 Å². The van der Waals surface area contributed by atoms with E-state index in [1.54, 1.807) is 3.11 Å². The maximum Gasteiger partial charge on any atom is 0.420 e. The minimum absolute atomic E-state index is 0.0707. The van der Waals surface area contributed by atoms with Crippen LogP contribution in [0.4, 0.5) is 13.2 Å². The second kappa shape index (κ2) is 4.23. The Morgan fingerprint density at radius 1 is 1.38 bits per heavy atom. The van der Waals surface area contributed by atoms with Crippen LogP contribution in [0, 0.1) is 0 Å². The third-order valence-electron chi connectivity index (χ3n) is 2.13. The lowest BCUT2D eigenvalue weighted by Crippen LogP contribution is -2.25. The third-order valence-corrected chi connectivity index (χ3v) is 2.96. The molecule has 0 unspecified atom stereocenters. The van der Waals surface area contributed by atoms with Gasteiger partial charge in [0.05, 0.1) is 5.56 Å². The Bertz CT molecular complexity index is 424. The van der Waals surface area contributed by atoms with Crippen LogP contribution < -0.4 is 4.74 Å². The summed E-state index contributed by atoms with van der Waals surface area (Å²) >= 11 is 7.64. The van der Waals surface area contributed by atoms with E-state index in [2.05, 4.69) is 0 Å². The Hall–Kier alpha value is -0.210. The molecule has 0 aliphatic carbocycles. The number of alkyl halides is 3. The molecule has 0 spiro atoms. The molecule has 2 nitrogen and oxygen atoms in total. The van der Waals surface area contributed by atoms with E-state index >= 15 is 0 Å². The summed E-state index contributed by atoms with van der Waals surface area (Å²) in [5.74, 6) is -0.107. The molecule has 0 aromatic heterocycles. The van der Waals surface area contributed by atoms with E-state index < -0.39 is 11.7 Å². The van der Waals surface area contributed by atoms with Crippen molar-refractivity contribution in [3.05, 3.63) is 28.3 Å². The van der Waals surface area contributed by atoms with E-state index in [1.165, 1.54) is 6.07 Å². The lowest BCUT2D eigenvalue weighted by atomic mass is 10.1. The average Bonchev–Trinajstić information content (AvgIpc) is 2.14. The van der Waals surface area contributed by atoms with Gasteiger partial charge < -0.3 is 4.74 Å². The van der Waals surface area contributed by atoms with E-state index in [0.717, 1.165) is 6.07 Å². The summed E-state index contributed by atoms with van der Waals surface area (Å²) in [5, 5.41) is 0.0707. The second-order valence-corrected chi connectivity index (χ2v) is 5.13. The first-order chi connectivity index (χ1) is 7.38. The van der Waals surface area contributed by atoms with E-state index in [-0.39, 0.29) is 17.5 Å². The van der Waals surface area contributed by atoms with E-state index in [0.29, 0.717) is 12.1 Å². The molecule has 1 aliphatic heterocycles. The summed E-state index contributed by atoms with van der Waals surface area (Å²) in [6.07, 6.45) is -4.44. The predicted octanol–water partition coefficient (Wildman–Crippen LogP) is 3.86. The minimum Gasteiger partial charge on any atom is -0.476 e. The summed E-state index contributed by atoms with van der Waals surface area (Å²) < 4.78 is 44.9. The number of ether oxygens (including phenoxy) is 1. The molecule has 16 heavy (non-hydrogen) atoms. The highest BCUT2D eigenvalue weighted by atomic mass is 127. The maximum atomic E-state index is 12.7. The molecular formula is C9H6ClF3INO. The molecule has 0 amide bonds. The molecule has 1 aromatic carbocycles. The van der Waals surface area contributed by atoms with Crippen LogP contribution in [0.25, 0.3) is 0 Å². The molecule has 0 N–H and O–H groups in total. The summed E-state index contributed by atoms with van der Waals surface area (Å²) in [7, 11) is 0. The van der Waals surface area contributed by atoms with E-state index in [4.69, 9.17) is 16.3 Å². The fraction of sp³-hybridized carbons (Fsp3) is 0.333. The summed E-state index contributed by atoms with van der Waals surface area (Å²) in [4.78, 5) is 0. The number of hydrogen-bond donors (Lipinski definition) is 0. The van der Waals surface area contributed by atoms with Crippen molar-refractivity contribution in [3.8, 4) is 5.75 Å². The first-order valence-electron chi connectivity index (χ1n) is 4.31. The molecule has 0 saturated heterocycles. The van der Waals surface area contributed by atoms with Gasteiger partial charge in [-0.1, -0.05) is 11.6 Å². The van der Waals surface area contributed by atoms with Gasteiger partial charge in [-0.2, -0.15) is 13.2 Å². The quantitative estimate of drug-likeness (QED) is 0.513. The van der Waals surface area contributed by atoms with Crippen LogP contribution in [-0.4, -0.2) is 9.84 Å². The number of nitrogens with zero attached hydrogens (tertiary/aromatic N) is 1. The van der Waals surface area contributed by atoms with Crippen molar-refractivity contribution in [2.75, 3.05) is 6.73 Å². The molecular weight excluding hydrogens is 357 g/mol. The molecule has 1 heterocycles. The van der Waals surface area contributed by atoms with Crippen molar-refractivity contribution in [2.24, 2.45) is 0 Å². The SMILES string of the molecule is FC(F)(F)c1cc(Cl)cc2c1OCN(I)C2. The van der Waals surface area contributed by atoms with Gasteiger partial charge in [0.25, 0.3) is 0 Å². The van der Waals surface area contributed by atoms with Crippen LogP contribution in [0.1, 0.15) is 11.1 Å². The van der Waals surface area contributed by atoms with Gasteiger partial charge in [-0.25, -0.2) is 3.11 Å². The summed E-state index contributed by atoms with van der Waals surface area (Å²) in [6.45, 7) is 0.526. The van der Waals surface area contributed by atoms with Crippen LogP contribution in [0.15, 0.2) is 12.1 Å². The molecule has 0 bridgehead atoms. The van der Waals surface area contributed by atoms with Gasteiger partial charge in [-0.05, 0) is 12.1 Å². The number of hydrogen-bond acceptors (Lipinski definition) is 2. The van der Waals surface area contributed by atoms with E-state index in [9.17, 15) is 13.2 Å². The zero-order chi connectivity index (χ0) is 11.9. The Balaban J connectivity index is 2.54. The Morgan fingerprint density at radius 3 is 2.69 bits per heavy atom. The molecule has 1 aliphatic rings. The van der Waals surface area contributed by atoms with E-state index in [1.807, 2.05) is 22.9 Å². The molecule has 1 aromatic rings. The van der Waals surface area contributed by atoms with Crippen LogP contribution in [-0.2, 0) is 12.7 Å². The molecule has 0 radical (unpaired) electrons. The molecule has 0 atom stereocenters. The second-order valence-electron chi connectivity index (χ2n) is 3.33. The largest absolute Gasteiger partial charge is 0.476 e. The van der Waals surface area contributed by atoms with Gasteiger partial charge in [-0.15, -0.1) is 0 Å². The number of benzene rings is 1. The molecule has 0 fully saturated rings. The van der Waals surface area contributed by atoms with Gasteiger partial charge in [0.2, 0.25) is 0 Å². The van der Waals surface area contributed by atoms with Crippen molar-refractivity contribution < 1.29 is 17.9 Å². The monoisotopic (exact) mass is 363 g/mol. The highest BCUT2D eigenvalue weighted by Crippen LogP contribution is 2.42. The van der Waals surface area contributed by atoms with Crippen molar-refractivity contribution in [2.45, 2.75) is 12.7 Å². The van der Waals surface area contributed by atoms with Crippen LogP contribution >= 0.6 is 34.5 Å². The fourth-order valence-electron chi connectivity index (χ4n) is 1.51. The van der Waals surface area contributed by atoms with Gasteiger partial charge in [-0.3, -0.25) is 0 Å². The molecule has 2 rings (SSSR count). The van der Waals surface area contributed by atoms with Gasteiger partial charge in [0.1, 0.15) is 5.75 Å². The van der Waals surface area contributed by atoms with Crippen molar-refractivity contribution in [3.63, 3.8) is 0 Å². The lowest BCUT2D eigenvalue weighted by molar-refractivity contribution is -0.139. The highest BCUT2D eigenvalue weighted by Gasteiger charge is 2.37. The first kappa shape index (κ1) is 12.3. The smallest absolute Gasteiger partial charge is 0.420 e. The highest BCUT2D eigenvalue weighted by molar-refractivity contribution is 14.1. The summed E-state index contributed by atoms with van der Waals surface area (Å²) in [5.41, 5.74) is -0.347. The number of rotatable bonds is 0. The third kappa shape index (κ3) is 2.38. The first-order valence-corrected chi connectivity index (χ1v) is 5.65. The van der Waals surface area contributed by atoms with Crippen molar-refractivity contribution >= 4 is 34.5 Å². The zero-order valence-electron chi connectivity index (χ0n) is 7.81. The molecule has 7 heteroatoms. The number of halogens is 5. The summed E-state index contributed by atoms with van der Waals surface area (Å²) in [6, 6.07) is 2.39. The topological polar surface area (TPSA) is 12.5 Å². The van der Waals surface area contributed by atoms with Crippen LogP contribution in [0.5, 0.6) is 5.75 Å². The lowest BCUT2D eigenvalue weighted by Gasteiger charge is -2.26. The Morgan fingerprint density at radius 2 is 2.06 bits per heavy atom. The normalized spacial score (nSPS) is 16.8. The minimum atomic E-state index is -4.44. The van der Waals surface area contributed by atoms with Crippen LogP contribution in [0.3, 0.4) is 0 Å². The van der Waals surface area contributed by atoms with Gasteiger partial charge >= 0.3 is 6.18 Å². The number of fused-ring (bicyclic) bond motifs is 1.